The number of esters is 1. The second-order valence-electron chi connectivity index (χ2n) is 7.99. The number of hydrogen-bond donors (Lipinski definition) is 2. The van der Waals surface area contributed by atoms with Crippen LogP contribution in [0.2, 0.25) is 0 Å². The van der Waals surface area contributed by atoms with Gasteiger partial charge in [0.05, 0.1) is 6.04 Å². The Labute approximate surface area is 133 Å². The van der Waals surface area contributed by atoms with Crippen molar-refractivity contribution in [2.75, 3.05) is 0 Å². The van der Waals surface area contributed by atoms with Crippen LogP contribution in [-0.2, 0) is 14.3 Å². The standard InChI is InChI=1S/C16H30N2O4/c1-14(2,3)21-12(19)16(17)10-8-7-9-11(16)18-13(20)22-15(4,5)6/h11H,7-10,17H2,1-6H3,(H,18,20). The topological polar surface area (TPSA) is 90.6 Å². The van der Waals surface area contributed by atoms with Crippen LogP contribution in [0.3, 0.4) is 0 Å². The number of alkyl carbamates (subject to hydrolysis) is 1. The Kier molecular flexibility index (Phi) is 5.49. The van der Waals surface area contributed by atoms with Crippen molar-refractivity contribution in [3.8, 4) is 0 Å². The summed E-state index contributed by atoms with van der Waals surface area (Å²) in [6.45, 7) is 10.8. The fourth-order valence-corrected chi connectivity index (χ4v) is 2.47. The molecule has 2 unspecified atom stereocenters. The normalized spacial score (nSPS) is 26.2. The van der Waals surface area contributed by atoms with Crippen LogP contribution >= 0.6 is 0 Å². The molecule has 1 aliphatic rings. The van der Waals surface area contributed by atoms with Crippen molar-refractivity contribution in [3.05, 3.63) is 0 Å². The lowest BCUT2D eigenvalue weighted by Gasteiger charge is -2.40. The zero-order chi connectivity index (χ0) is 17.2. The highest BCUT2D eigenvalue weighted by Gasteiger charge is 2.47. The number of nitrogens with two attached hydrogens (primary N) is 1. The van der Waals surface area contributed by atoms with Gasteiger partial charge in [-0.2, -0.15) is 0 Å². The van der Waals surface area contributed by atoms with E-state index in [4.69, 9.17) is 15.2 Å². The lowest BCUT2D eigenvalue weighted by Crippen LogP contribution is -2.66. The lowest BCUT2D eigenvalue weighted by molar-refractivity contribution is -0.164. The molecule has 0 saturated heterocycles. The van der Waals surface area contributed by atoms with E-state index in [0.29, 0.717) is 12.8 Å². The molecule has 6 nitrogen and oxygen atoms in total. The van der Waals surface area contributed by atoms with Crippen molar-refractivity contribution in [1.82, 2.24) is 5.32 Å². The molecule has 6 heteroatoms. The minimum atomic E-state index is -1.21. The maximum atomic E-state index is 12.5. The molecule has 3 N–H and O–H groups in total. The molecule has 0 aliphatic heterocycles. The van der Waals surface area contributed by atoms with Gasteiger partial charge >= 0.3 is 12.1 Å². The van der Waals surface area contributed by atoms with Gasteiger partial charge in [-0.15, -0.1) is 0 Å². The molecule has 1 rings (SSSR count). The average Bonchev–Trinajstić information content (AvgIpc) is 2.27. The van der Waals surface area contributed by atoms with Gasteiger partial charge in [0.2, 0.25) is 0 Å². The van der Waals surface area contributed by atoms with E-state index in [9.17, 15) is 9.59 Å². The summed E-state index contributed by atoms with van der Waals surface area (Å²) in [5.41, 5.74) is 3.91. The Balaban J connectivity index is 2.82. The van der Waals surface area contributed by atoms with E-state index >= 15 is 0 Å². The predicted molar refractivity (Wildman–Crippen MR) is 84.4 cm³/mol. The summed E-state index contributed by atoms with van der Waals surface area (Å²) in [6.07, 6.45) is 2.31. The second-order valence-corrected chi connectivity index (χ2v) is 7.99. The van der Waals surface area contributed by atoms with Crippen LogP contribution in [0.5, 0.6) is 0 Å². The number of carbonyl (C=O) groups excluding carboxylic acids is 2. The maximum absolute atomic E-state index is 12.5. The van der Waals surface area contributed by atoms with Gasteiger partial charge in [0.1, 0.15) is 16.7 Å². The highest BCUT2D eigenvalue weighted by molar-refractivity contribution is 5.83. The van der Waals surface area contributed by atoms with Crippen molar-refractivity contribution >= 4 is 12.1 Å². The van der Waals surface area contributed by atoms with Crippen LogP contribution in [0.25, 0.3) is 0 Å². The van der Waals surface area contributed by atoms with Crippen LogP contribution in [0.15, 0.2) is 0 Å². The molecular formula is C16H30N2O4. The maximum Gasteiger partial charge on any atom is 0.407 e. The van der Waals surface area contributed by atoms with Gasteiger partial charge in [0.25, 0.3) is 0 Å². The van der Waals surface area contributed by atoms with Crippen molar-refractivity contribution in [2.24, 2.45) is 5.73 Å². The summed E-state index contributed by atoms with van der Waals surface area (Å²) in [5.74, 6) is -0.472. The van der Waals surface area contributed by atoms with Gasteiger partial charge in [-0.05, 0) is 54.4 Å². The average molecular weight is 314 g/mol. The van der Waals surface area contributed by atoms with E-state index in [1.54, 1.807) is 41.5 Å². The minimum Gasteiger partial charge on any atom is -0.459 e. The smallest absolute Gasteiger partial charge is 0.407 e. The summed E-state index contributed by atoms with van der Waals surface area (Å²) in [6, 6.07) is -0.481. The van der Waals surface area contributed by atoms with Crippen LogP contribution in [0.4, 0.5) is 4.79 Å². The monoisotopic (exact) mass is 314 g/mol. The van der Waals surface area contributed by atoms with Gasteiger partial charge < -0.3 is 20.5 Å². The van der Waals surface area contributed by atoms with Crippen molar-refractivity contribution in [3.63, 3.8) is 0 Å². The van der Waals surface area contributed by atoms with Crippen LogP contribution in [0, 0.1) is 0 Å². The third-order valence-corrected chi connectivity index (χ3v) is 3.42. The molecule has 0 heterocycles. The Morgan fingerprint density at radius 2 is 1.59 bits per heavy atom. The summed E-state index contributed by atoms with van der Waals surface area (Å²) >= 11 is 0. The Hall–Kier alpha value is -1.30. The third-order valence-electron chi connectivity index (χ3n) is 3.42. The van der Waals surface area contributed by atoms with E-state index in [0.717, 1.165) is 12.8 Å². The molecule has 0 bridgehead atoms. The summed E-state index contributed by atoms with van der Waals surface area (Å²) in [5, 5.41) is 2.75. The predicted octanol–water partition coefficient (Wildman–Crippen LogP) is 2.49. The van der Waals surface area contributed by atoms with Crippen LogP contribution < -0.4 is 11.1 Å². The van der Waals surface area contributed by atoms with Gasteiger partial charge in [-0.3, -0.25) is 0 Å². The van der Waals surface area contributed by atoms with E-state index in [1.807, 2.05) is 0 Å². The SMILES string of the molecule is CC(C)(C)OC(=O)NC1CCCCC1(N)C(=O)OC(C)(C)C. The second kappa shape index (κ2) is 6.44. The van der Waals surface area contributed by atoms with E-state index < -0.39 is 34.8 Å². The van der Waals surface area contributed by atoms with Crippen molar-refractivity contribution in [1.29, 1.82) is 0 Å². The molecule has 1 saturated carbocycles. The Morgan fingerprint density at radius 3 is 2.09 bits per heavy atom. The van der Waals surface area contributed by atoms with E-state index in [1.165, 1.54) is 0 Å². The summed E-state index contributed by atoms with van der Waals surface area (Å²) in [7, 11) is 0. The molecule has 22 heavy (non-hydrogen) atoms. The first kappa shape index (κ1) is 18.7. The molecule has 0 spiro atoms. The summed E-state index contributed by atoms with van der Waals surface area (Å²) in [4.78, 5) is 24.5. The highest BCUT2D eigenvalue weighted by Crippen LogP contribution is 2.29. The number of rotatable bonds is 2. The number of hydrogen-bond acceptors (Lipinski definition) is 5. The molecule has 0 aromatic carbocycles. The number of nitrogens with one attached hydrogen (secondary N) is 1. The quantitative estimate of drug-likeness (QED) is 0.764. The Morgan fingerprint density at radius 1 is 1.05 bits per heavy atom. The molecule has 0 radical (unpaired) electrons. The van der Waals surface area contributed by atoms with Gasteiger partial charge in [0.15, 0.2) is 0 Å². The third kappa shape index (κ3) is 5.48. The van der Waals surface area contributed by atoms with E-state index in [2.05, 4.69) is 5.32 Å². The number of amides is 1. The lowest BCUT2D eigenvalue weighted by atomic mass is 9.78. The fourth-order valence-electron chi connectivity index (χ4n) is 2.47. The van der Waals surface area contributed by atoms with Crippen molar-refractivity contribution < 1.29 is 19.1 Å². The first-order chi connectivity index (χ1) is 9.83. The molecule has 1 amide bonds. The van der Waals surface area contributed by atoms with E-state index in [-0.39, 0.29) is 0 Å². The van der Waals surface area contributed by atoms with Crippen LogP contribution in [-0.4, -0.2) is 34.8 Å². The number of carbonyl (C=O) groups is 2. The molecule has 0 aromatic rings. The highest BCUT2D eigenvalue weighted by atomic mass is 16.6. The molecule has 2 atom stereocenters. The van der Waals surface area contributed by atoms with Crippen LogP contribution in [0.1, 0.15) is 67.2 Å². The first-order valence-electron chi connectivity index (χ1n) is 7.85. The first-order valence-corrected chi connectivity index (χ1v) is 7.85. The fraction of sp³-hybridized carbons (Fsp3) is 0.875. The van der Waals surface area contributed by atoms with Crippen molar-refractivity contribution in [2.45, 2.75) is 90.0 Å². The molecule has 128 valence electrons. The Bertz CT molecular complexity index is 423. The molecular weight excluding hydrogens is 284 g/mol. The zero-order valence-electron chi connectivity index (χ0n) is 14.6. The number of ether oxygens (including phenoxy) is 2. The summed E-state index contributed by atoms with van der Waals surface area (Å²) < 4.78 is 10.7. The van der Waals surface area contributed by atoms with Gasteiger partial charge in [-0.1, -0.05) is 12.8 Å². The largest absolute Gasteiger partial charge is 0.459 e. The van der Waals surface area contributed by atoms with Gasteiger partial charge in [-0.25, -0.2) is 9.59 Å². The molecule has 0 aromatic heterocycles. The molecule has 1 fully saturated rings. The zero-order valence-corrected chi connectivity index (χ0v) is 14.6. The van der Waals surface area contributed by atoms with Gasteiger partial charge in [0, 0.05) is 0 Å². The molecule has 1 aliphatic carbocycles. The minimum absolute atomic E-state index is 0.472.